The average Bonchev–Trinajstić information content (AvgIpc) is 2.44. The first kappa shape index (κ1) is 15.5. The Morgan fingerprint density at radius 2 is 1.83 bits per heavy atom. The minimum absolute atomic E-state index is 0.115. The normalized spacial score (nSPS) is 13.3. The SMILES string of the molecule is COP(=O)(OC)OC(CCl)COc1ccccc1. The number of para-hydroxylation sites is 1. The molecule has 5 nitrogen and oxygen atoms in total. The maximum Gasteiger partial charge on any atom is 0.474 e. The van der Waals surface area contributed by atoms with Gasteiger partial charge in [0, 0.05) is 14.2 Å². The summed E-state index contributed by atoms with van der Waals surface area (Å²) in [5.41, 5.74) is 0. The molecule has 102 valence electrons. The highest BCUT2D eigenvalue weighted by atomic mass is 35.5. The maximum absolute atomic E-state index is 11.8. The lowest BCUT2D eigenvalue weighted by molar-refractivity contribution is 0.0840. The zero-order valence-electron chi connectivity index (χ0n) is 10.2. The summed E-state index contributed by atoms with van der Waals surface area (Å²) in [5, 5.41) is 0. The molecule has 1 aromatic carbocycles. The number of hydrogen-bond acceptors (Lipinski definition) is 5. The van der Waals surface area contributed by atoms with Gasteiger partial charge in [-0.15, -0.1) is 11.6 Å². The minimum Gasteiger partial charge on any atom is -0.491 e. The van der Waals surface area contributed by atoms with Crippen LogP contribution >= 0.6 is 19.4 Å². The molecule has 0 aliphatic rings. The monoisotopic (exact) mass is 294 g/mol. The van der Waals surface area contributed by atoms with Crippen LogP contribution in [0, 0.1) is 0 Å². The summed E-state index contributed by atoms with van der Waals surface area (Å²) in [4.78, 5) is 0. The lowest BCUT2D eigenvalue weighted by Gasteiger charge is -2.20. The zero-order valence-corrected chi connectivity index (χ0v) is 11.9. The van der Waals surface area contributed by atoms with Gasteiger partial charge in [-0.2, -0.15) is 0 Å². The Balaban J connectivity index is 2.50. The number of hydrogen-bond donors (Lipinski definition) is 0. The van der Waals surface area contributed by atoms with Crippen LogP contribution in [0.1, 0.15) is 0 Å². The number of phosphoric ester groups is 1. The van der Waals surface area contributed by atoms with E-state index in [1.807, 2.05) is 18.2 Å². The van der Waals surface area contributed by atoms with Crippen molar-refractivity contribution < 1.29 is 22.9 Å². The van der Waals surface area contributed by atoms with Crippen LogP contribution < -0.4 is 4.74 Å². The number of alkyl halides is 1. The van der Waals surface area contributed by atoms with Crippen LogP contribution in [-0.4, -0.2) is 32.8 Å². The average molecular weight is 295 g/mol. The van der Waals surface area contributed by atoms with Gasteiger partial charge < -0.3 is 4.74 Å². The fraction of sp³-hybridized carbons (Fsp3) is 0.455. The van der Waals surface area contributed by atoms with Crippen LogP contribution in [0.15, 0.2) is 30.3 Å². The quantitative estimate of drug-likeness (QED) is 0.545. The number of halogens is 1. The van der Waals surface area contributed by atoms with E-state index in [9.17, 15) is 4.57 Å². The van der Waals surface area contributed by atoms with E-state index in [0.717, 1.165) is 0 Å². The predicted molar refractivity (Wildman–Crippen MR) is 69.2 cm³/mol. The fourth-order valence-electron chi connectivity index (χ4n) is 1.15. The van der Waals surface area contributed by atoms with Gasteiger partial charge in [0.05, 0.1) is 5.88 Å². The largest absolute Gasteiger partial charge is 0.491 e. The van der Waals surface area contributed by atoms with Crippen LogP contribution in [0.4, 0.5) is 0 Å². The van der Waals surface area contributed by atoms with Crippen molar-refractivity contribution in [3.8, 4) is 5.75 Å². The molecule has 7 heteroatoms. The van der Waals surface area contributed by atoms with E-state index in [2.05, 4.69) is 9.05 Å². The van der Waals surface area contributed by atoms with Gasteiger partial charge >= 0.3 is 7.82 Å². The molecule has 0 amide bonds. The van der Waals surface area contributed by atoms with Crippen LogP contribution in [0.2, 0.25) is 0 Å². The summed E-state index contributed by atoms with van der Waals surface area (Å²) in [6.07, 6.45) is -0.586. The van der Waals surface area contributed by atoms with Crippen LogP contribution in [0.3, 0.4) is 0 Å². The van der Waals surface area contributed by atoms with Crippen molar-refractivity contribution in [2.45, 2.75) is 6.10 Å². The Bertz CT molecular complexity index is 378. The van der Waals surface area contributed by atoms with E-state index >= 15 is 0 Å². The number of benzene rings is 1. The van der Waals surface area contributed by atoms with Crippen LogP contribution in [0.25, 0.3) is 0 Å². The second-order valence-corrected chi connectivity index (χ2v) is 5.46. The zero-order chi connectivity index (χ0) is 13.4. The highest BCUT2D eigenvalue weighted by molar-refractivity contribution is 7.48. The van der Waals surface area contributed by atoms with Gasteiger partial charge in [0.25, 0.3) is 0 Å². The molecule has 0 saturated heterocycles. The summed E-state index contributed by atoms with van der Waals surface area (Å²) in [7, 11) is -1.05. The summed E-state index contributed by atoms with van der Waals surface area (Å²) in [6.45, 7) is 0.157. The molecule has 0 aliphatic carbocycles. The summed E-state index contributed by atoms with van der Waals surface area (Å²) >= 11 is 5.72. The second-order valence-electron chi connectivity index (χ2n) is 3.32. The van der Waals surface area contributed by atoms with Crippen LogP contribution in [-0.2, 0) is 18.1 Å². The van der Waals surface area contributed by atoms with Crippen LogP contribution in [0.5, 0.6) is 5.75 Å². The summed E-state index contributed by atoms with van der Waals surface area (Å²) in [6, 6.07) is 9.18. The van der Waals surface area contributed by atoms with E-state index in [-0.39, 0.29) is 12.5 Å². The minimum atomic E-state index is -3.54. The number of phosphoric acid groups is 1. The van der Waals surface area contributed by atoms with Gasteiger partial charge in [-0.1, -0.05) is 18.2 Å². The van der Waals surface area contributed by atoms with E-state index < -0.39 is 13.9 Å². The number of ether oxygens (including phenoxy) is 1. The second kappa shape index (κ2) is 7.77. The standard InChI is InChI=1S/C11H16ClO5P/c1-14-18(13,15-2)17-11(8-12)9-16-10-6-4-3-5-7-10/h3-7,11H,8-9H2,1-2H3. The summed E-state index contributed by atoms with van der Waals surface area (Å²) in [5.74, 6) is 0.796. The highest BCUT2D eigenvalue weighted by Gasteiger charge is 2.28. The molecule has 0 aliphatic heterocycles. The lowest BCUT2D eigenvalue weighted by atomic mass is 10.3. The molecule has 0 N–H and O–H groups in total. The lowest BCUT2D eigenvalue weighted by Crippen LogP contribution is -2.23. The Morgan fingerprint density at radius 3 is 2.33 bits per heavy atom. The Kier molecular flexibility index (Phi) is 6.68. The van der Waals surface area contributed by atoms with Crippen molar-refractivity contribution in [1.82, 2.24) is 0 Å². The molecule has 1 unspecified atom stereocenters. The third kappa shape index (κ3) is 4.96. The maximum atomic E-state index is 11.8. The Labute approximate surface area is 112 Å². The van der Waals surface area contributed by atoms with Crippen molar-refractivity contribution in [1.29, 1.82) is 0 Å². The first-order valence-electron chi connectivity index (χ1n) is 5.27. The summed E-state index contributed by atoms with van der Waals surface area (Å²) < 4.78 is 31.7. The van der Waals surface area contributed by atoms with Gasteiger partial charge in [-0.3, -0.25) is 13.6 Å². The van der Waals surface area contributed by atoms with E-state index in [4.69, 9.17) is 20.9 Å². The predicted octanol–water partition coefficient (Wildman–Crippen LogP) is 3.09. The molecule has 0 fully saturated rings. The van der Waals surface area contributed by atoms with Gasteiger partial charge in [0.2, 0.25) is 0 Å². The van der Waals surface area contributed by atoms with Gasteiger partial charge in [0.1, 0.15) is 18.5 Å². The molecule has 18 heavy (non-hydrogen) atoms. The molecule has 1 rings (SSSR count). The van der Waals surface area contributed by atoms with Gasteiger partial charge in [0.15, 0.2) is 0 Å². The van der Waals surface area contributed by atoms with E-state index in [1.54, 1.807) is 12.1 Å². The number of rotatable bonds is 8. The molecular formula is C11H16ClO5P. The van der Waals surface area contributed by atoms with E-state index in [1.165, 1.54) is 14.2 Å². The van der Waals surface area contributed by atoms with Crippen molar-refractivity contribution in [3.05, 3.63) is 30.3 Å². The molecule has 1 aromatic rings. The molecule has 0 heterocycles. The highest BCUT2D eigenvalue weighted by Crippen LogP contribution is 2.48. The Morgan fingerprint density at radius 1 is 1.22 bits per heavy atom. The fourth-order valence-corrected chi connectivity index (χ4v) is 2.21. The Hall–Kier alpha value is -0.580. The third-order valence-corrected chi connectivity index (χ3v) is 3.87. The van der Waals surface area contributed by atoms with E-state index in [0.29, 0.717) is 5.75 Å². The van der Waals surface area contributed by atoms with Crippen molar-refractivity contribution in [2.24, 2.45) is 0 Å². The third-order valence-electron chi connectivity index (χ3n) is 2.08. The molecule has 0 saturated carbocycles. The van der Waals surface area contributed by atoms with Crippen molar-refractivity contribution in [3.63, 3.8) is 0 Å². The topological polar surface area (TPSA) is 54.0 Å². The molecule has 1 atom stereocenters. The molecule has 0 spiro atoms. The smallest absolute Gasteiger partial charge is 0.474 e. The molecular weight excluding hydrogens is 279 g/mol. The first-order valence-corrected chi connectivity index (χ1v) is 7.26. The first-order chi connectivity index (χ1) is 8.63. The van der Waals surface area contributed by atoms with Gasteiger partial charge in [-0.25, -0.2) is 4.57 Å². The molecule has 0 bridgehead atoms. The molecule has 0 aromatic heterocycles. The van der Waals surface area contributed by atoms with Crippen molar-refractivity contribution >= 4 is 19.4 Å². The van der Waals surface area contributed by atoms with Crippen molar-refractivity contribution in [2.75, 3.05) is 26.7 Å². The van der Waals surface area contributed by atoms with Gasteiger partial charge in [-0.05, 0) is 12.1 Å². The molecule has 0 radical (unpaired) electrons.